The zero-order valence-corrected chi connectivity index (χ0v) is 8.34. The Bertz CT molecular complexity index is 271. The Labute approximate surface area is 81.3 Å². The first-order valence-corrected chi connectivity index (χ1v) is 5.01. The monoisotopic (exact) mass is 223 g/mol. The first-order valence-electron chi connectivity index (χ1n) is 3.89. The van der Waals surface area contributed by atoms with E-state index in [9.17, 15) is 0 Å². The highest BCUT2D eigenvalue weighted by atomic mass is 79.9. The topological polar surface area (TPSA) is 12.9 Å². The second kappa shape index (κ2) is 5.79. The van der Waals surface area contributed by atoms with E-state index in [4.69, 9.17) is 0 Å². The van der Waals surface area contributed by atoms with E-state index >= 15 is 0 Å². The zero-order valence-electron chi connectivity index (χ0n) is 6.76. The van der Waals surface area contributed by atoms with Gasteiger partial charge < -0.3 is 0 Å². The highest BCUT2D eigenvalue weighted by Gasteiger charge is 1.82. The minimum absolute atomic E-state index is 0.854. The van der Waals surface area contributed by atoms with Gasteiger partial charge in [0.25, 0.3) is 0 Å². The van der Waals surface area contributed by atoms with Gasteiger partial charge in [0, 0.05) is 17.9 Å². The molecule has 0 aromatic carbocycles. The summed E-state index contributed by atoms with van der Waals surface area (Å²) in [5.74, 6) is 6.06. The lowest BCUT2D eigenvalue weighted by molar-refractivity contribution is 1.00. The number of aromatic nitrogens is 1. The molecule has 0 radical (unpaired) electrons. The highest BCUT2D eigenvalue weighted by molar-refractivity contribution is 9.09. The van der Waals surface area contributed by atoms with Crippen molar-refractivity contribution in [1.82, 2.24) is 4.98 Å². The molecule has 1 rings (SSSR count). The number of pyridine rings is 1. The van der Waals surface area contributed by atoms with Crippen molar-refractivity contribution >= 4 is 15.9 Å². The molecule has 62 valence electrons. The van der Waals surface area contributed by atoms with E-state index in [0.29, 0.717) is 0 Å². The molecule has 0 saturated heterocycles. The molecule has 0 aliphatic rings. The summed E-state index contributed by atoms with van der Waals surface area (Å²) >= 11 is 3.35. The van der Waals surface area contributed by atoms with Crippen LogP contribution in [-0.2, 0) is 0 Å². The summed E-state index contributed by atoms with van der Waals surface area (Å²) in [7, 11) is 0. The molecule has 0 fully saturated rings. The number of hydrogen-bond donors (Lipinski definition) is 0. The molecular weight excluding hydrogens is 214 g/mol. The van der Waals surface area contributed by atoms with Crippen molar-refractivity contribution < 1.29 is 0 Å². The maximum absolute atomic E-state index is 4.09. The van der Waals surface area contributed by atoms with Crippen molar-refractivity contribution in [2.24, 2.45) is 0 Å². The highest BCUT2D eigenvalue weighted by Crippen LogP contribution is 1.93. The molecule has 0 bridgehead atoms. The number of unbranched alkanes of at least 4 members (excludes halogenated alkanes) is 1. The molecule has 0 spiro atoms. The summed E-state index contributed by atoms with van der Waals surface area (Å²) in [4.78, 5) is 4.09. The minimum Gasteiger partial charge on any atom is -0.248 e. The van der Waals surface area contributed by atoms with Crippen LogP contribution < -0.4 is 0 Å². The van der Waals surface area contributed by atoms with E-state index in [1.807, 2.05) is 18.2 Å². The third-order valence-electron chi connectivity index (χ3n) is 1.32. The molecule has 0 aliphatic carbocycles. The SMILES string of the molecule is BrCCCC#Cc1ccccn1. The van der Waals surface area contributed by atoms with Crippen LogP contribution in [0.5, 0.6) is 0 Å². The van der Waals surface area contributed by atoms with E-state index in [-0.39, 0.29) is 0 Å². The summed E-state index contributed by atoms with van der Waals surface area (Å²) in [5, 5.41) is 1.02. The van der Waals surface area contributed by atoms with Crippen LogP contribution in [0, 0.1) is 11.8 Å². The van der Waals surface area contributed by atoms with Crippen molar-refractivity contribution in [3.8, 4) is 11.8 Å². The van der Waals surface area contributed by atoms with E-state index in [1.165, 1.54) is 0 Å². The number of hydrogen-bond acceptors (Lipinski definition) is 1. The molecule has 0 saturated carbocycles. The van der Waals surface area contributed by atoms with Crippen LogP contribution in [0.4, 0.5) is 0 Å². The van der Waals surface area contributed by atoms with E-state index in [0.717, 1.165) is 23.9 Å². The van der Waals surface area contributed by atoms with E-state index in [2.05, 4.69) is 32.8 Å². The van der Waals surface area contributed by atoms with Crippen LogP contribution in [-0.4, -0.2) is 10.3 Å². The first-order chi connectivity index (χ1) is 5.93. The third kappa shape index (κ3) is 3.54. The lowest BCUT2D eigenvalue weighted by Gasteiger charge is -1.85. The smallest absolute Gasteiger partial charge is 0.113 e. The van der Waals surface area contributed by atoms with Gasteiger partial charge in [0.2, 0.25) is 0 Å². The lowest BCUT2D eigenvalue weighted by atomic mass is 10.3. The zero-order chi connectivity index (χ0) is 8.65. The molecule has 0 aliphatic heterocycles. The second-order valence-electron chi connectivity index (χ2n) is 2.31. The fourth-order valence-electron chi connectivity index (χ4n) is 0.745. The molecule has 0 atom stereocenters. The van der Waals surface area contributed by atoms with Gasteiger partial charge in [-0.3, -0.25) is 0 Å². The Morgan fingerprint density at radius 1 is 1.42 bits per heavy atom. The van der Waals surface area contributed by atoms with Crippen LogP contribution in [0.3, 0.4) is 0 Å². The molecule has 2 heteroatoms. The Morgan fingerprint density at radius 3 is 3.00 bits per heavy atom. The summed E-state index contributed by atoms with van der Waals surface area (Å²) in [6.07, 6.45) is 3.79. The first kappa shape index (κ1) is 9.28. The van der Waals surface area contributed by atoms with E-state index < -0.39 is 0 Å². The maximum atomic E-state index is 4.09. The third-order valence-corrected chi connectivity index (χ3v) is 1.88. The van der Waals surface area contributed by atoms with Gasteiger partial charge in [-0.25, -0.2) is 4.98 Å². The Kier molecular flexibility index (Phi) is 4.48. The summed E-state index contributed by atoms with van der Waals surface area (Å²) in [6, 6.07) is 5.76. The average molecular weight is 224 g/mol. The standard InChI is InChI=1S/C10H10BrN/c11-8-4-1-2-6-10-7-3-5-9-12-10/h3,5,7,9H,1,4,8H2. The Hall–Kier alpha value is -0.810. The molecule has 1 aromatic rings. The van der Waals surface area contributed by atoms with Crippen LogP contribution in [0.25, 0.3) is 0 Å². The molecule has 1 heterocycles. The van der Waals surface area contributed by atoms with Crippen molar-refractivity contribution in [2.75, 3.05) is 5.33 Å². The van der Waals surface area contributed by atoms with Gasteiger partial charge >= 0.3 is 0 Å². The van der Waals surface area contributed by atoms with Gasteiger partial charge in [-0.05, 0) is 24.5 Å². The number of halogens is 1. The van der Waals surface area contributed by atoms with Crippen LogP contribution in [0.2, 0.25) is 0 Å². The van der Waals surface area contributed by atoms with Crippen LogP contribution in [0.15, 0.2) is 24.4 Å². The molecular formula is C10H10BrN. The molecule has 0 unspecified atom stereocenters. The lowest BCUT2D eigenvalue weighted by Crippen LogP contribution is -1.78. The number of rotatable bonds is 2. The normalized spacial score (nSPS) is 8.75. The number of alkyl halides is 1. The summed E-state index contributed by atoms with van der Waals surface area (Å²) in [6.45, 7) is 0. The van der Waals surface area contributed by atoms with Gasteiger partial charge in [-0.15, -0.1) is 0 Å². The van der Waals surface area contributed by atoms with Gasteiger partial charge in [-0.2, -0.15) is 0 Å². The Balaban J connectivity index is 2.44. The maximum Gasteiger partial charge on any atom is 0.113 e. The molecule has 12 heavy (non-hydrogen) atoms. The molecule has 0 N–H and O–H groups in total. The molecule has 1 aromatic heterocycles. The predicted molar refractivity (Wildman–Crippen MR) is 54.1 cm³/mol. The Morgan fingerprint density at radius 2 is 2.33 bits per heavy atom. The van der Waals surface area contributed by atoms with Crippen LogP contribution >= 0.6 is 15.9 Å². The largest absolute Gasteiger partial charge is 0.248 e. The summed E-state index contributed by atoms with van der Waals surface area (Å²) in [5.41, 5.74) is 0.854. The fraction of sp³-hybridized carbons (Fsp3) is 0.300. The molecule has 1 nitrogen and oxygen atoms in total. The average Bonchev–Trinajstić information content (AvgIpc) is 2.14. The van der Waals surface area contributed by atoms with Gasteiger partial charge in [0.1, 0.15) is 5.69 Å². The quantitative estimate of drug-likeness (QED) is 0.427. The van der Waals surface area contributed by atoms with E-state index in [1.54, 1.807) is 6.20 Å². The van der Waals surface area contributed by atoms with Gasteiger partial charge in [0.05, 0.1) is 0 Å². The van der Waals surface area contributed by atoms with Crippen molar-refractivity contribution in [3.63, 3.8) is 0 Å². The second-order valence-corrected chi connectivity index (χ2v) is 3.10. The fourth-order valence-corrected chi connectivity index (χ4v) is 1.03. The van der Waals surface area contributed by atoms with Gasteiger partial charge in [0.15, 0.2) is 0 Å². The minimum atomic E-state index is 0.854. The van der Waals surface area contributed by atoms with Crippen LogP contribution in [0.1, 0.15) is 18.5 Å². The van der Waals surface area contributed by atoms with Crippen molar-refractivity contribution in [1.29, 1.82) is 0 Å². The summed E-state index contributed by atoms with van der Waals surface area (Å²) < 4.78 is 0. The number of nitrogens with zero attached hydrogens (tertiary/aromatic N) is 1. The van der Waals surface area contributed by atoms with Crippen molar-refractivity contribution in [3.05, 3.63) is 30.1 Å². The van der Waals surface area contributed by atoms with Crippen molar-refractivity contribution in [2.45, 2.75) is 12.8 Å². The van der Waals surface area contributed by atoms with Gasteiger partial charge in [-0.1, -0.05) is 27.9 Å². The molecule has 0 amide bonds. The predicted octanol–water partition coefficient (Wildman–Crippen LogP) is 2.61.